The fourth-order valence-electron chi connectivity index (χ4n) is 2.38. The van der Waals surface area contributed by atoms with Gasteiger partial charge in [0.2, 0.25) is 0 Å². The van der Waals surface area contributed by atoms with Crippen molar-refractivity contribution in [3.63, 3.8) is 0 Å². The van der Waals surface area contributed by atoms with Crippen LogP contribution in [0.2, 0.25) is 10.0 Å². The maximum Gasteiger partial charge on any atom is 0.0670 e. The van der Waals surface area contributed by atoms with Gasteiger partial charge in [-0.15, -0.1) is 0 Å². The Bertz CT molecular complexity index is 767. The van der Waals surface area contributed by atoms with Crippen LogP contribution in [0.4, 0.5) is 5.69 Å². The Morgan fingerprint density at radius 3 is 2.76 bits per heavy atom. The van der Waals surface area contributed by atoms with Crippen molar-refractivity contribution in [1.29, 1.82) is 0 Å². The molecular weight excluding hydrogens is 305 g/mol. The van der Waals surface area contributed by atoms with Crippen LogP contribution in [-0.4, -0.2) is 10.2 Å². The number of anilines is 1. The van der Waals surface area contributed by atoms with E-state index in [-0.39, 0.29) is 6.04 Å². The van der Waals surface area contributed by atoms with Gasteiger partial charge >= 0.3 is 0 Å². The predicted octanol–water partition coefficient (Wildman–Crippen LogP) is 5.43. The maximum absolute atomic E-state index is 6.11. The van der Waals surface area contributed by atoms with Crippen LogP contribution < -0.4 is 5.32 Å². The number of aromatic amines is 1. The molecule has 1 heterocycles. The molecule has 0 fully saturated rings. The van der Waals surface area contributed by atoms with Crippen LogP contribution >= 0.6 is 23.2 Å². The molecule has 1 aromatic heterocycles. The lowest BCUT2D eigenvalue weighted by Gasteiger charge is -2.19. The summed E-state index contributed by atoms with van der Waals surface area (Å²) in [6, 6.07) is 12.1. The number of hydrogen-bond donors (Lipinski definition) is 2. The van der Waals surface area contributed by atoms with E-state index in [1.165, 1.54) is 0 Å². The van der Waals surface area contributed by atoms with Crippen LogP contribution in [0.15, 0.2) is 42.6 Å². The lowest BCUT2D eigenvalue weighted by Crippen LogP contribution is -2.09. The van der Waals surface area contributed by atoms with Crippen LogP contribution in [0.3, 0.4) is 0 Å². The minimum atomic E-state index is 0.181. The van der Waals surface area contributed by atoms with Crippen molar-refractivity contribution < 1.29 is 0 Å². The first-order chi connectivity index (χ1) is 10.2. The molecular formula is C16H15Cl2N3. The average molecular weight is 320 g/mol. The standard InChI is InChI=1S/C16H15Cl2N3/c1-2-15(10-4-6-13(17)14(18)7-10)20-12-5-3-11-9-19-21-16(11)8-12/h3-9,15,20H,2H2,1H3,(H,19,21). The molecule has 2 aromatic carbocycles. The lowest BCUT2D eigenvalue weighted by molar-refractivity contribution is 0.749. The molecule has 0 aliphatic heterocycles. The number of benzene rings is 2. The smallest absolute Gasteiger partial charge is 0.0670 e. The van der Waals surface area contributed by atoms with Crippen molar-refractivity contribution in [3.05, 3.63) is 58.2 Å². The number of fused-ring (bicyclic) bond motifs is 1. The summed E-state index contributed by atoms with van der Waals surface area (Å²) in [6.07, 6.45) is 2.76. The predicted molar refractivity (Wildman–Crippen MR) is 89.2 cm³/mol. The number of halogens is 2. The summed E-state index contributed by atoms with van der Waals surface area (Å²) in [5.41, 5.74) is 3.19. The van der Waals surface area contributed by atoms with Gasteiger partial charge in [0.05, 0.1) is 27.8 Å². The van der Waals surface area contributed by atoms with Gasteiger partial charge in [0, 0.05) is 11.1 Å². The van der Waals surface area contributed by atoms with Gasteiger partial charge in [-0.2, -0.15) is 5.10 Å². The molecule has 0 saturated heterocycles. The lowest BCUT2D eigenvalue weighted by atomic mass is 10.0. The summed E-state index contributed by atoms with van der Waals surface area (Å²) < 4.78 is 0. The van der Waals surface area contributed by atoms with Crippen molar-refractivity contribution in [3.8, 4) is 0 Å². The van der Waals surface area contributed by atoms with Gasteiger partial charge in [0.1, 0.15) is 0 Å². The molecule has 3 nitrogen and oxygen atoms in total. The summed E-state index contributed by atoms with van der Waals surface area (Å²) in [5.74, 6) is 0. The maximum atomic E-state index is 6.11. The monoisotopic (exact) mass is 319 g/mol. The number of nitrogens with one attached hydrogen (secondary N) is 2. The molecule has 0 spiro atoms. The molecule has 0 aliphatic carbocycles. The molecule has 1 unspecified atom stereocenters. The van der Waals surface area contributed by atoms with Crippen LogP contribution in [0, 0.1) is 0 Å². The van der Waals surface area contributed by atoms with Crippen molar-refractivity contribution >= 4 is 39.8 Å². The SMILES string of the molecule is CCC(Nc1ccc2cn[nH]c2c1)c1ccc(Cl)c(Cl)c1. The van der Waals surface area contributed by atoms with Gasteiger partial charge in [-0.05, 0) is 42.3 Å². The average Bonchev–Trinajstić information content (AvgIpc) is 2.95. The quantitative estimate of drug-likeness (QED) is 0.672. The first kappa shape index (κ1) is 14.2. The zero-order chi connectivity index (χ0) is 14.8. The van der Waals surface area contributed by atoms with Crippen LogP contribution in [0.1, 0.15) is 24.9 Å². The molecule has 2 N–H and O–H groups in total. The highest BCUT2D eigenvalue weighted by Crippen LogP contribution is 2.29. The van der Waals surface area contributed by atoms with Gasteiger partial charge in [0.15, 0.2) is 0 Å². The highest BCUT2D eigenvalue weighted by Gasteiger charge is 2.11. The normalized spacial score (nSPS) is 12.5. The van der Waals surface area contributed by atoms with E-state index in [9.17, 15) is 0 Å². The number of H-pyrrole nitrogens is 1. The van der Waals surface area contributed by atoms with E-state index in [1.54, 1.807) is 0 Å². The van der Waals surface area contributed by atoms with Gasteiger partial charge in [-0.3, -0.25) is 5.10 Å². The molecule has 0 saturated carbocycles. The third kappa shape index (κ3) is 2.99. The van der Waals surface area contributed by atoms with E-state index in [4.69, 9.17) is 23.2 Å². The van der Waals surface area contributed by atoms with E-state index in [0.717, 1.165) is 28.6 Å². The highest BCUT2D eigenvalue weighted by molar-refractivity contribution is 6.42. The van der Waals surface area contributed by atoms with Crippen molar-refractivity contribution in [2.45, 2.75) is 19.4 Å². The molecule has 0 radical (unpaired) electrons. The van der Waals surface area contributed by atoms with E-state index in [0.29, 0.717) is 10.0 Å². The first-order valence-electron chi connectivity index (χ1n) is 6.82. The fourth-order valence-corrected chi connectivity index (χ4v) is 2.68. The third-order valence-corrected chi connectivity index (χ3v) is 4.28. The Kier molecular flexibility index (Phi) is 4.04. The Labute approximate surface area is 133 Å². The van der Waals surface area contributed by atoms with Gasteiger partial charge in [0.25, 0.3) is 0 Å². The molecule has 3 aromatic rings. The Balaban J connectivity index is 1.87. The number of nitrogens with zero attached hydrogens (tertiary/aromatic N) is 1. The summed E-state index contributed by atoms with van der Waals surface area (Å²) in [6.45, 7) is 2.13. The summed E-state index contributed by atoms with van der Waals surface area (Å²) >= 11 is 12.1. The number of rotatable bonds is 4. The van der Waals surface area contributed by atoms with E-state index < -0.39 is 0 Å². The second-order valence-corrected chi connectivity index (χ2v) is 5.77. The fraction of sp³-hybridized carbons (Fsp3) is 0.188. The minimum Gasteiger partial charge on any atom is -0.378 e. The van der Waals surface area contributed by atoms with E-state index in [1.807, 2.05) is 30.5 Å². The molecule has 3 rings (SSSR count). The minimum absolute atomic E-state index is 0.181. The molecule has 0 bridgehead atoms. The number of hydrogen-bond acceptors (Lipinski definition) is 2. The molecule has 5 heteroatoms. The summed E-state index contributed by atoms with van der Waals surface area (Å²) in [4.78, 5) is 0. The zero-order valence-corrected chi connectivity index (χ0v) is 13.0. The van der Waals surface area contributed by atoms with Gasteiger partial charge < -0.3 is 5.32 Å². The molecule has 21 heavy (non-hydrogen) atoms. The Hall–Kier alpha value is -1.71. The van der Waals surface area contributed by atoms with Crippen LogP contribution in [0.5, 0.6) is 0 Å². The molecule has 1 atom stereocenters. The van der Waals surface area contributed by atoms with Crippen LogP contribution in [0.25, 0.3) is 10.9 Å². The van der Waals surface area contributed by atoms with Crippen molar-refractivity contribution in [2.75, 3.05) is 5.32 Å². The van der Waals surface area contributed by atoms with Crippen LogP contribution in [-0.2, 0) is 0 Å². The van der Waals surface area contributed by atoms with E-state index >= 15 is 0 Å². The van der Waals surface area contributed by atoms with Gasteiger partial charge in [-0.25, -0.2) is 0 Å². The van der Waals surface area contributed by atoms with Crippen molar-refractivity contribution in [1.82, 2.24) is 10.2 Å². The summed E-state index contributed by atoms with van der Waals surface area (Å²) in [5, 5.41) is 12.8. The summed E-state index contributed by atoms with van der Waals surface area (Å²) in [7, 11) is 0. The first-order valence-corrected chi connectivity index (χ1v) is 7.57. The Morgan fingerprint density at radius 2 is 2.00 bits per heavy atom. The Morgan fingerprint density at radius 1 is 1.14 bits per heavy atom. The van der Waals surface area contributed by atoms with E-state index in [2.05, 4.69) is 34.6 Å². The molecule has 108 valence electrons. The largest absolute Gasteiger partial charge is 0.378 e. The molecule has 0 aliphatic rings. The highest BCUT2D eigenvalue weighted by atomic mass is 35.5. The zero-order valence-electron chi connectivity index (χ0n) is 11.5. The topological polar surface area (TPSA) is 40.7 Å². The second kappa shape index (κ2) is 5.96. The van der Waals surface area contributed by atoms with Crippen molar-refractivity contribution in [2.24, 2.45) is 0 Å². The molecule has 0 amide bonds. The third-order valence-electron chi connectivity index (χ3n) is 3.54. The second-order valence-electron chi connectivity index (χ2n) is 4.95. The number of aromatic nitrogens is 2. The van der Waals surface area contributed by atoms with Gasteiger partial charge in [-0.1, -0.05) is 36.2 Å².